The highest BCUT2D eigenvalue weighted by atomic mass is 16.7. The van der Waals surface area contributed by atoms with Gasteiger partial charge in [-0.05, 0) is 66.6 Å². The molecule has 0 heterocycles. The number of nitrogens with two attached hydrogens (primary N) is 1. The van der Waals surface area contributed by atoms with Crippen LogP contribution < -0.4 is 37.7 Å². The average Bonchev–Trinajstić information content (AvgIpc) is 3.26. The summed E-state index contributed by atoms with van der Waals surface area (Å²) in [7, 11) is 0. The van der Waals surface area contributed by atoms with Gasteiger partial charge in [0.15, 0.2) is 5.03 Å². The molecule has 5 aromatic rings. The molecule has 0 fully saturated rings. The van der Waals surface area contributed by atoms with E-state index < -0.39 is 64.7 Å². The number of amides is 5. The van der Waals surface area contributed by atoms with Crippen LogP contribution in [-0.2, 0) is 27.2 Å². The third-order valence-electron chi connectivity index (χ3n) is 9.65. The number of benzene rings is 5. The second kappa shape index (κ2) is 23.4. The molecule has 0 aliphatic carbocycles. The number of fused-ring (bicyclic) bond motifs is 1. The van der Waals surface area contributed by atoms with Crippen LogP contribution in [0.5, 0.6) is 0 Å². The van der Waals surface area contributed by atoms with Crippen LogP contribution in [0.1, 0.15) is 61.9 Å². The number of hydrogen-bond acceptors (Lipinski definition) is 8. The summed E-state index contributed by atoms with van der Waals surface area (Å²) in [5.74, 6) is -1.61. The van der Waals surface area contributed by atoms with Gasteiger partial charge in [0.2, 0.25) is 11.8 Å². The molecule has 8 N–H and O–H groups in total. The lowest BCUT2D eigenvalue weighted by atomic mass is 9.99. The molecule has 0 spiro atoms. The van der Waals surface area contributed by atoms with Crippen LogP contribution in [0.15, 0.2) is 144 Å². The van der Waals surface area contributed by atoms with Crippen molar-refractivity contribution in [2.75, 3.05) is 6.54 Å². The number of guanidine groups is 1. The Balaban J connectivity index is 1.36. The molecule has 5 aromatic carbocycles. The van der Waals surface area contributed by atoms with Crippen molar-refractivity contribution in [2.45, 2.75) is 76.2 Å². The number of nitro groups is 1. The zero-order chi connectivity index (χ0) is 45.9. The summed E-state index contributed by atoms with van der Waals surface area (Å²) >= 11 is 0. The molecule has 0 aliphatic heterocycles. The number of alkyl carbamates (subject to hydrolysis) is 1. The summed E-state index contributed by atoms with van der Waals surface area (Å²) in [5, 5.41) is 33.1. The molecule has 334 valence electrons. The number of nitrogens with one attached hydrogen (secondary N) is 6. The second-order valence-electron chi connectivity index (χ2n) is 15.9. The smallest absolute Gasteiger partial charge is 0.408 e. The first-order chi connectivity index (χ1) is 30.7. The fraction of sp³-hybridized carbons (Fsp3) is 0.277. The van der Waals surface area contributed by atoms with E-state index in [4.69, 9.17) is 10.5 Å². The van der Waals surface area contributed by atoms with Gasteiger partial charge >= 0.3 is 12.1 Å². The van der Waals surface area contributed by atoms with Crippen molar-refractivity contribution in [3.63, 3.8) is 0 Å². The first kappa shape index (κ1) is 47.2. The predicted octanol–water partition coefficient (Wildman–Crippen LogP) is 5.44. The van der Waals surface area contributed by atoms with Gasteiger partial charge in [-0.3, -0.25) is 9.59 Å². The van der Waals surface area contributed by atoms with Crippen molar-refractivity contribution in [1.82, 2.24) is 32.0 Å². The number of rotatable bonds is 19. The molecule has 17 nitrogen and oxygen atoms in total. The fourth-order valence-corrected chi connectivity index (χ4v) is 6.72. The molecule has 64 heavy (non-hydrogen) atoms. The average molecular weight is 871 g/mol. The topological polar surface area (TPSA) is 244 Å². The molecular formula is C47H54N10O7. The molecule has 3 unspecified atom stereocenters. The molecule has 5 rings (SSSR count). The van der Waals surface area contributed by atoms with Gasteiger partial charge in [-0.1, -0.05) is 133 Å². The minimum Gasteiger partial charge on any atom is -0.444 e. The Morgan fingerprint density at radius 1 is 0.719 bits per heavy atom. The van der Waals surface area contributed by atoms with Crippen LogP contribution in [0.2, 0.25) is 0 Å². The molecule has 0 saturated heterocycles. The van der Waals surface area contributed by atoms with Crippen LogP contribution in [0.4, 0.5) is 9.59 Å². The predicted molar refractivity (Wildman–Crippen MR) is 246 cm³/mol. The first-order valence-corrected chi connectivity index (χ1v) is 20.8. The third-order valence-corrected chi connectivity index (χ3v) is 9.65. The summed E-state index contributed by atoms with van der Waals surface area (Å²) < 4.78 is 5.52. The highest BCUT2D eigenvalue weighted by Gasteiger charge is 2.30. The van der Waals surface area contributed by atoms with E-state index in [-0.39, 0.29) is 25.8 Å². The van der Waals surface area contributed by atoms with Gasteiger partial charge in [-0.2, -0.15) is 5.10 Å². The van der Waals surface area contributed by atoms with Crippen molar-refractivity contribution in [2.24, 2.45) is 15.9 Å². The van der Waals surface area contributed by atoms with Gasteiger partial charge in [0.05, 0.1) is 12.1 Å². The van der Waals surface area contributed by atoms with Crippen LogP contribution in [0.25, 0.3) is 10.8 Å². The molecule has 5 amide bonds. The fourth-order valence-electron chi connectivity index (χ4n) is 6.72. The summed E-state index contributed by atoms with van der Waals surface area (Å²) in [6.07, 6.45) is 1.23. The van der Waals surface area contributed by atoms with Gasteiger partial charge in [0, 0.05) is 25.6 Å². The van der Waals surface area contributed by atoms with E-state index in [1.54, 1.807) is 20.8 Å². The van der Waals surface area contributed by atoms with E-state index in [9.17, 15) is 29.3 Å². The molecular weight excluding hydrogens is 817 g/mol. The zero-order valence-electron chi connectivity index (χ0n) is 35.9. The maximum atomic E-state index is 14.3. The monoisotopic (exact) mass is 870 g/mol. The van der Waals surface area contributed by atoms with Gasteiger partial charge in [-0.15, -0.1) is 0 Å². The second-order valence-corrected chi connectivity index (χ2v) is 15.9. The summed E-state index contributed by atoms with van der Waals surface area (Å²) in [6, 6.07) is 37.2. The Hall–Kier alpha value is -7.82. The van der Waals surface area contributed by atoms with Crippen LogP contribution in [0.3, 0.4) is 0 Å². The Morgan fingerprint density at radius 2 is 1.28 bits per heavy atom. The van der Waals surface area contributed by atoms with E-state index in [0.29, 0.717) is 6.42 Å². The molecule has 0 aromatic heterocycles. The first-order valence-electron chi connectivity index (χ1n) is 20.8. The minimum atomic E-state index is -1.15. The van der Waals surface area contributed by atoms with Crippen molar-refractivity contribution < 1.29 is 28.9 Å². The number of carbonyl (C=O) groups excluding carboxylic acids is 4. The maximum absolute atomic E-state index is 14.3. The maximum Gasteiger partial charge on any atom is 0.408 e. The summed E-state index contributed by atoms with van der Waals surface area (Å²) in [5.41, 5.74) is 10.4. The quantitative estimate of drug-likeness (QED) is 0.0184. The Labute approximate surface area is 371 Å². The molecule has 3 atom stereocenters. The number of hydrogen-bond donors (Lipinski definition) is 7. The number of nitrogens with zero attached hydrogens (tertiary/aromatic N) is 3. The van der Waals surface area contributed by atoms with E-state index in [0.717, 1.165) is 33.0 Å². The molecule has 17 heteroatoms. The lowest BCUT2D eigenvalue weighted by Gasteiger charge is -2.26. The van der Waals surface area contributed by atoms with E-state index in [2.05, 4.69) is 42.2 Å². The largest absolute Gasteiger partial charge is 0.444 e. The van der Waals surface area contributed by atoms with Crippen LogP contribution >= 0.6 is 0 Å². The lowest BCUT2D eigenvalue weighted by Crippen LogP contribution is -2.56. The number of urea groups is 1. The van der Waals surface area contributed by atoms with E-state index >= 15 is 0 Å². The van der Waals surface area contributed by atoms with Gasteiger partial charge in [0.25, 0.3) is 5.96 Å². The van der Waals surface area contributed by atoms with Gasteiger partial charge in [0.1, 0.15) is 22.8 Å². The third kappa shape index (κ3) is 15.9. The van der Waals surface area contributed by atoms with Crippen LogP contribution in [-0.4, -0.2) is 71.4 Å². The van der Waals surface area contributed by atoms with E-state index in [1.807, 2.05) is 133 Å². The minimum absolute atomic E-state index is 0.0773. The molecule has 0 saturated carbocycles. The Kier molecular flexibility index (Phi) is 17.3. The highest BCUT2D eigenvalue weighted by molar-refractivity contribution is 5.93. The standard InChI is InChI=1S/C47H54N10O7/c1-47(2,3)64-46(61)53-40(30-33-25-26-34-18-13-14-23-37(34)28-33)43(59)52-39(29-32-16-7-4-8-17-32)42(58)51-38(24-15-27-49-44(48)56-57(62)63)31-50-55-45(60)54-41(35-19-9-5-10-20-35)36-21-11-6-12-22-36/h4-14,16-23,25-26,28,31,38-41H,15,24,27,29-30H2,1-3H3,(H,51,58)(H,52,59)(H,53,61)(H3,48,49,56)(H2,54,55,60)/b50-31+. The number of hydrazone groups is 2. The normalized spacial score (nSPS) is 13.0. The zero-order valence-corrected chi connectivity index (χ0v) is 35.9. The van der Waals surface area contributed by atoms with Gasteiger partial charge < -0.3 is 37.1 Å². The molecule has 0 bridgehead atoms. The van der Waals surface area contributed by atoms with Crippen molar-refractivity contribution in [1.29, 1.82) is 0 Å². The Bertz CT molecular complexity index is 2350. The Morgan fingerprint density at radius 3 is 1.91 bits per heavy atom. The van der Waals surface area contributed by atoms with Crippen molar-refractivity contribution in [3.05, 3.63) is 166 Å². The summed E-state index contributed by atoms with van der Waals surface area (Å²) in [4.78, 5) is 65.7. The van der Waals surface area contributed by atoms with Crippen molar-refractivity contribution in [3.8, 4) is 0 Å². The number of carbonyl (C=O) groups is 4. The van der Waals surface area contributed by atoms with Gasteiger partial charge in [-0.25, -0.2) is 25.1 Å². The SMILES string of the molecule is CC(C)(C)OC(=O)NC(Cc1ccc2ccccc2c1)C(=O)NC(Cc1ccccc1)C(=O)NC(/C=N/NC(=O)NC(c1ccccc1)c1ccccc1)CCCN/C(N)=N\[N+](=O)[O-]. The lowest BCUT2D eigenvalue weighted by molar-refractivity contribution is -0.485. The summed E-state index contributed by atoms with van der Waals surface area (Å²) in [6.45, 7) is 5.28. The van der Waals surface area contributed by atoms with Crippen LogP contribution in [0, 0.1) is 10.1 Å². The number of ether oxygens (including phenoxy) is 1. The highest BCUT2D eigenvalue weighted by Crippen LogP contribution is 2.22. The van der Waals surface area contributed by atoms with E-state index in [1.165, 1.54) is 6.21 Å². The van der Waals surface area contributed by atoms with Crippen molar-refractivity contribution >= 4 is 46.9 Å². The molecule has 0 radical (unpaired) electrons. The molecule has 0 aliphatic rings.